The van der Waals surface area contributed by atoms with Gasteiger partial charge in [-0.05, 0) is 69.2 Å². The Morgan fingerprint density at radius 3 is 2.89 bits per heavy atom. The number of benzene rings is 1. The first-order chi connectivity index (χ1) is 13.0. The molecule has 0 aliphatic heterocycles. The third-order valence-corrected chi connectivity index (χ3v) is 6.54. The van der Waals surface area contributed by atoms with Crippen LogP contribution >= 0.6 is 22.9 Å². The van der Waals surface area contributed by atoms with Gasteiger partial charge in [0, 0.05) is 22.5 Å². The van der Waals surface area contributed by atoms with Gasteiger partial charge in [-0.1, -0.05) is 23.7 Å². The maximum atomic E-state index is 13.3. The summed E-state index contributed by atoms with van der Waals surface area (Å²) in [5.74, 6) is 0.670. The second kappa shape index (κ2) is 7.64. The fourth-order valence-electron chi connectivity index (χ4n) is 3.83. The van der Waals surface area contributed by atoms with Gasteiger partial charge in [0.05, 0.1) is 5.39 Å². The van der Waals surface area contributed by atoms with Gasteiger partial charge in [0.25, 0.3) is 5.56 Å². The summed E-state index contributed by atoms with van der Waals surface area (Å²) < 4.78 is 1.81. The van der Waals surface area contributed by atoms with Gasteiger partial charge in [-0.2, -0.15) is 0 Å². The summed E-state index contributed by atoms with van der Waals surface area (Å²) in [6.45, 7) is 4.78. The number of anilines is 1. The molecule has 1 aliphatic carbocycles. The van der Waals surface area contributed by atoms with Crippen LogP contribution in [0.15, 0.2) is 29.1 Å². The zero-order valence-electron chi connectivity index (χ0n) is 15.7. The molecule has 27 heavy (non-hydrogen) atoms. The van der Waals surface area contributed by atoms with Gasteiger partial charge >= 0.3 is 0 Å². The van der Waals surface area contributed by atoms with Crippen molar-refractivity contribution in [2.75, 3.05) is 11.9 Å². The van der Waals surface area contributed by atoms with E-state index in [1.807, 2.05) is 36.6 Å². The van der Waals surface area contributed by atoms with E-state index in [0.717, 1.165) is 34.5 Å². The molecule has 6 heteroatoms. The fourth-order valence-corrected chi connectivity index (χ4v) is 5.30. The highest BCUT2D eigenvalue weighted by Gasteiger charge is 2.22. The van der Waals surface area contributed by atoms with Crippen molar-refractivity contribution in [2.24, 2.45) is 0 Å². The van der Waals surface area contributed by atoms with Gasteiger partial charge in [0.2, 0.25) is 5.95 Å². The van der Waals surface area contributed by atoms with Crippen molar-refractivity contribution in [3.8, 4) is 0 Å². The Labute approximate surface area is 168 Å². The fraction of sp³-hybridized carbons (Fsp3) is 0.429. The number of thiophene rings is 1. The Kier molecular flexibility index (Phi) is 5.24. The van der Waals surface area contributed by atoms with E-state index < -0.39 is 0 Å². The molecular weight excluding hydrogens is 378 g/mol. The number of fused-ring (bicyclic) bond motifs is 3. The summed E-state index contributed by atoms with van der Waals surface area (Å²) in [4.78, 5) is 20.4. The normalized spacial score (nSPS) is 13.9. The largest absolute Gasteiger partial charge is 0.355 e. The standard InChI is InChI=1S/C21H24ClN3OS/c1-13(2)25-20(26)18-16-8-3-4-9-17(16)27-19(18)24-21(25)23-11-10-14-6-5-7-15(22)12-14/h5-7,12-13H,3-4,8-11H2,1-2H3,(H,23,24). The molecule has 1 aromatic carbocycles. The van der Waals surface area contributed by atoms with Crippen LogP contribution in [0, 0.1) is 0 Å². The van der Waals surface area contributed by atoms with E-state index in [9.17, 15) is 4.79 Å². The van der Waals surface area contributed by atoms with Crippen LogP contribution in [0.1, 0.15) is 48.7 Å². The average molecular weight is 402 g/mol. The smallest absolute Gasteiger partial charge is 0.264 e. The lowest BCUT2D eigenvalue weighted by atomic mass is 9.97. The van der Waals surface area contributed by atoms with E-state index in [0.29, 0.717) is 12.5 Å². The van der Waals surface area contributed by atoms with Crippen LogP contribution in [0.5, 0.6) is 0 Å². The zero-order chi connectivity index (χ0) is 19.0. The molecule has 4 rings (SSSR count). The number of hydrogen-bond acceptors (Lipinski definition) is 4. The first-order valence-electron chi connectivity index (χ1n) is 9.59. The van der Waals surface area contributed by atoms with Crippen molar-refractivity contribution < 1.29 is 0 Å². The van der Waals surface area contributed by atoms with Crippen molar-refractivity contribution in [1.29, 1.82) is 0 Å². The molecule has 2 heterocycles. The maximum absolute atomic E-state index is 13.3. The lowest BCUT2D eigenvalue weighted by Gasteiger charge is -2.17. The van der Waals surface area contributed by atoms with Crippen LogP contribution in [0.3, 0.4) is 0 Å². The van der Waals surface area contributed by atoms with E-state index in [2.05, 4.69) is 11.4 Å². The van der Waals surface area contributed by atoms with E-state index in [4.69, 9.17) is 16.6 Å². The molecule has 0 amide bonds. The van der Waals surface area contributed by atoms with E-state index in [1.165, 1.54) is 28.8 Å². The highest BCUT2D eigenvalue weighted by atomic mass is 35.5. The van der Waals surface area contributed by atoms with E-state index in [-0.39, 0.29) is 11.6 Å². The maximum Gasteiger partial charge on any atom is 0.264 e. The zero-order valence-corrected chi connectivity index (χ0v) is 17.3. The Balaban J connectivity index is 1.67. The second-order valence-electron chi connectivity index (χ2n) is 7.40. The number of aryl methyl sites for hydroxylation is 2. The summed E-state index contributed by atoms with van der Waals surface area (Å²) in [7, 11) is 0. The molecule has 0 radical (unpaired) electrons. The number of aromatic nitrogens is 2. The molecule has 3 aromatic rings. The van der Waals surface area contributed by atoms with Crippen molar-refractivity contribution in [2.45, 2.75) is 52.0 Å². The third kappa shape index (κ3) is 3.63. The number of nitrogens with zero attached hydrogens (tertiary/aromatic N) is 2. The summed E-state index contributed by atoms with van der Waals surface area (Å²) in [6, 6.07) is 7.93. The number of rotatable bonds is 5. The van der Waals surface area contributed by atoms with Crippen LogP contribution in [-0.4, -0.2) is 16.1 Å². The van der Waals surface area contributed by atoms with Crippen LogP contribution < -0.4 is 10.9 Å². The Morgan fingerprint density at radius 2 is 2.11 bits per heavy atom. The Hall–Kier alpha value is -1.85. The van der Waals surface area contributed by atoms with Gasteiger partial charge in [-0.15, -0.1) is 11.3 Å². The molecule has 0 bridgehead atoms. The molecule has 1 aliphatic rings. The van der Waals surface area contributed by atoms with Gasteiger partial charge in [-0.25, -0.2) is 4.98 Å². The quantitative estimate of drug-likeness (QED) is 0.637. The topological polar surface area (TPSA) is 46.9 Å². The highest BCUT2D eigenvalue weighted by molar-refractivity contribution is 7.18. The Bertz CT molecular complexity index is 1040. The van der Waals surface area contributed by atoms with Gasteiger partial charge in [0.1, 0.15) is 4.83 Å². The minimum Gasteiger partial charge on any atom is -0.355 e. The number of hydrogen-bond donors (Lipinski definition) is 1. The second-order valence-corrected chi connectivity index (χ2v) is 8.92. The monoisotopic (exact) mass is 401 g/mol. The predicted molar refractivity (Wildman–Crippen MR) is 115 cm³/mol. The summed E-state index contributed by atoms with van der Waals surface area (Å²) in [5.41, 5.74) is 2.51. The van der Waals surface area contributed by atoms with Crippen LogP contribution in [0.2, 0.25) is 5.02 Å². The number of nitrogens with one attached hydrogen (secondary N) is 1. The molecular formula is C21H24ClN3OS. The molecule has 0 fully saturated rings. The van der Waals surface area contributed by atoms with Crippen molar-refractivity contribution in [3.63, 3.8) is 0 Å². The van der Waals surface area contributed by atoms with Crippen LogP contribution in [0.4, 0.5) is 5.95 Å². The molecule has 0 atom stereocenters. The average Bonchev–Trinajstić information content (AvgIpc) is 3.00. The van der Waals surface area contributed by atoms with Crippen molar-refractivity contribution in [3.05, 3.63) is 55.6 Å². The van der Waals surface area contributed by atoms with Crippen molar-refractivity contribution >= 4 is 39.1 Å². The molecule has 0 saturated heterocycles. The molecule has 142 valence electrons. The third-order valence-electron chi connectivity index (χ3n) is 5.12. The SMILES string of the molecule is CC(C)n1c(NCCc2cccc(Cl)c2)nc2sc3c(c2c1=O)CCCC3. The molecule has 0 unspecified atom stereocenters. The molecule has 0 saturated carbocycles. The van der Waals surface area contributed by atoms with E-state index in [1.54, 1.807) is 11.3 Å². The summed E-state index contributed by atoms with van der Waals surface area (Å²) >= 11 is 7.76. The summed E-state index contributed by atoms with van der Waals surface area (Å²) in [6.07, 6.45) is 5.29. The molecule has 2 aromatic heterocycles. The summed E-state index contributed by atoms with van der Waals surface area (Å²) in [5, 5.41) is 4.99. The molecule has 1 N–H and O–H groups in total. The first kappa shape index (κ1) is 18.5. The van der Waals surface area contributed by atoms with Crippen LogP contribution in [-0.2, 0) is 19.3 Å². The number of halogens is 1. The molecule has 0 spiro atoms. The Morgan fingerprint density at radius 1 is 1.30 bits per heavy atom. The lowest BCUT2D eigenvalue weighted by Crippen LogP contribution is -2.27. The van der Waals surface area contributed by atoms with Gasteiger partial charge in [0.15, 0.2) is 0 Å². The first-order valence-corrected chi connectivity index (χ1v) is 10.8. The van der Waals surface area contributed by atoms with Gasteiger partial charge < -0.3 is 5.32 Å². The van der Waals surface area contributed by atoms with Crippen molar-refractivity contribution in [1.82, 2.24) is 9.55 Å². The predicted octanol–water partition coefficient (Wildman–Crippen LogP) is 5.23. The highest BCUT2D eigenvalue weighted by Crippen LogP contribution is 2.34. The lowest BCUT2D eigenvalue weighted by molar-refractivity contribution is 0.579. The molecule has 4 nitrogen and oxygen atoms in total. The van der Waals surface area contributed by atoms with Gasteiger partial charge in [-0.3, -0.25) is 9.36 Å². The van der Waals surface area contributed by atoms with E-state index >= 15 is 0 Å². The minimum absolute atomic E-state index is 0.0576. The minimum atomic E-state index is 0.0576. The van der Waals surface area contributed by atoms with Crippen LogP contribution in [0.25, 0.3) is 10.2 Å².